The Balaban J connectivity index is 1.85. The third-order valence-electron chi connectivity index (χ3n) is 3.36. The van der Waals surface area contributed by atoms with E-state index >= 15 is 0 Å². The van der Waals surface area contributed by atoms with Crippen LogP contribution in [0.3, 0.4) is 0 Å². The summed E-state index contributed by atoms with van der Waals surface area (Å²) in [5.74, 6) is -0.118. The van der Waals surface area contributed by atoms with Gasteiger partial charge in [0.25, 0.3) is 0 Å². The Kier molecular flexibility index (Phi) is 4.91. The molecule has 1 aromatic carbocycles. The molecule has 3 nitrogen and oxygen atoms in total. The molecule has 1 amide bonds. The molecule has 104 valence electrons. The molecule has 2 rings (SSSR count). The summed E-state index contributed by atoms with van der Waals surface area (Å²) >= 11 is 0. The first-order valence-corrected chi connectivity index (χ1v) is 6.94. The molecule has 1 aliphatic rings. The van der Waals surface area contributed by atoms with E-state index in [1.165, 1.54) is 18.9 Å². The topological polar surface area (TPSA) is 32.3 Å². The lowest BCUT2D eigenvalue weighted by Crippen LogP contribution is -2.39. The number of carbonyl (C=O) groups excluding carboxylic acids is 1. The molecule has 0 aromatic heterocycles. The van der Waals surface area contributed by atoms with Crippen LogP contribution in [-0.2, 0) is 11.2 Å². The molecule has 0 radical (unpaired) electrons. The van der Waals surface area contributed by atoms with Gasteiger partial charge in [-0.15, -0.1) is 0 Å². The molecule has 0 bridgehead atoms. The second kappa shape index (κ2) is 6.66. The minimum absolute atomic E-state index is 0.0774. The van der Waals surface area contributed by atoms with Crippen LogP contribution in [0.4, 0.5) is 4.39 Å². The lowest BCUT2D eigenvalue weighted by atomic mass is 10.1. The predicted molar refractivity (Wildman–Crippen MR) is 73.4 cm³/mol. The smallest absolute Gasteiger partial charge is 0.234 e. The summed E-state index contributed by atoms with van der Waals surface area (Å²) in [6.45, 7) is 3.85. The zero-order valence-corrected chi connectivity index (χ0v) is 11.4. The van der Waals surface area contributed by atoms with Gasteiger partial charge in [0.2, 0.25) is 5.91 Å². The third-order valence-corrected chi connectivity index (χ3v) is 3.36. The molecular weight excluding hydrogens is 243 g/mol. The molecule has 4 heteroatoms. The van der Waals surface area contributed by atoms with E-state index in [4.69, 9.17) is 0 Å². The maximum atomic E-state index is 13.1. The maximum absolute atomic E-state index is 13.1. The van der Waals surface area contributed by atoms with Gasteiger partial charge in [-0.1, -0.05) is 12.1 Å². The summed E-state index contributed by atoms with van der Waals surface area (Å²) in [6, 6.07) is 7.22. The van der Waals surface area contributed by atoms with Crippen molar-refractivity contribution in [2.45, 2.75) is 32.2 Å². The van der Waals surface area contributed by atoms with Crippen molar-refractivity contribution in [3.63, 3.8) is 0 Å². The van der Waals surface area contributed by atoms with Crippen LogP contribution < -0.4 is 5.32 Å². The molecule has 19 heavy (non-hydrogen) atoms. The minimum Gasteiger partial charge on any atom is -0.355 e. The Hall–Kier alpha value is -1.42. The number of nitrogens with one attached hydrogen (secondary N) is 1. The second-order valence-corrected chi connectivity index (χ2v) is 5.04. The van der Waals surface area contributed by atoms with E-state index in [-0.39, 0.29) is 11.7 Å². The molecule has 0 unspecified atom stereocenters. The molecule has 1 N–H and O–H groups in total. The van der Waals surface area contributed by atoms with Crippen LogP contribution in [0.25, 0.3) is 0 Å². The average Bonchev–Trinajstić information content (AvgIpc) is 3.19. The van der Waals surface area contributed by atoms with Crippen molar-refractivity contribution in [2.75, 3.05) is 19.6 Å². The van der Waals surface area contributed by atoms with Crippen LogP contribution in [0, 0.1) is 5.82 Å². The van der Waals surface area contributed by atoms with Crippen molar-refractivity contribution in [2.24, 2.45) is 0 Å². The number of rotatable bonds is 7. The van der Waals surface area contributed by atoms with Gasteiger partial charge in [-0.05, 0) is 43.9 Å². The fourth-order valence-corrected chi connectivity index (χ4v) is 2.23. The van der Waals surface area contributed by atoms with Gasteiger partial charge in [-0.3, -0.25) is 9.69 Å². The fourth-order valence-electron chi connectivity index (χ4n) is 2.23. The van der Waals surface area contributed by atoms with Crippen LogP contribution in [-0.4, -0.2) is 36.5 Å². The van der Waals surface area contributed by atoms with E-state index in [1.807, 2.05) is 13.0 Å². The number of hydrogen-bond acceptors (Lipinski definition) is 2. The van der Waals surface area contributed by atoms with Crippen LogP contribution in [0.15, 0.2) is 24.3 Å². The molecular formula is C15H21FN2O. The Morgan fingerprint density at radius 1 is 1.47 bits per heavy atom. The number of carbonyl (C=O) groups is 1. The maximum Gasteiger partial charge on any atom is 0.234 e. The van der Waals surface area contributed by atoms with Gasteiger partial charge in [-0.25, -0.2) is 4.39 Å². The Morgan fingerprint density at radius 2 is 2.26 bits per heavy atom. The summed E-state index contributed by atoms with van der Waals surface area (Å²) in [5, 5.41) is 2.83. The summed E-state index contributed by atoms with van der Waals surface area (Å²) in [7, 11) is 0. The van der Waals surface area contributed by atoms with E-state index in [0.717, 1.165) is 18.5 Å². The SMILES string of the molecule is CCNC(=O)CN(CCc1cccc(F)c1)C1CC1. The normalized spacial score (nSPS) is 14.7. The first-order valence-electron chi connectivity index (χ1n) is 6.94. The number of benzene rings is 1. The van der Waals surface area contributed by atoms with Crippen LogP contribution in [0.2, 0.25) is 0 Å². The van der Waals surface area contributed by atoms with Gasteiger partial charge in [-0.2, -0.15) is 0 Å². The van der Waals surface area contributed by atoms with Gasteiger partial charge in [0.05, 0.1) is 6.54 Å². The average molecular weight is 264 g/mol. The Morgan fingerprint density at radius 3 is 2.89 bits per heavy atom. The molecule has 1 fully saturated rings. The van der Waals surface area contributed by atoms with Gasteiger partial charge >= 0.3 is 0 Å². The number of amides is 1. The highest BCUT2D eigenvalue weighted by molar-refractivity contribution is 5.78. The van der Waals surface area contributed by atoms with E-state index in [0.29, 0.717) is 19.1 Å². The lowest BCUT2D eigenvalue weighted by Gasteiger charge is -2.21. The number of halogens is 1. The molecule has 0 atom stereocenters. The van der Waals surface area contributed by atoms with Gasteiger partial charge in [0, 0.05) is 19.1 Å². The van der Waals surface area contributed by atoms with Crippen molar-refractivity contribution < 1.29 is 9.18 Å². The van der Waals surface area contributed by atoms with E-state index in [1.54, 1.807) is 12.1 Å². The zero-order valence-electron chi connectivity index (χ0n) is 11.4. The quantitative estimate of drug-likeness (QED) is 0.816. The van der Waals surface area contributed by atoms with Gasteiger partial charge < -0.3 is 5.32 Å². The molecule has 0 spiro atoms. The summed E-state index contributed by atoms with van der Waals surface area (Å²) < 4.78 is 13.1. The molecule has 0 saturated heterocycles. The molecule has 0 aliphatic heterocycles. The van der Waals surface area contributed by atoms with Crippen LogP contribution >= 0.6 is 0 Å². The Labute approximate surface area is 113 Å². The van der Waals surface area contributed by atoms with Crippen molar-refractivity contribution >= 4 is 5.91 Å². The van der Waals surface area contributed by atoms with Crippen LogP contribution in [0.1, 0.15) is 25.3 Å². The first-order chi connectivity index (χ1) is 9.19. The second-order valence-electron chi connectivity index (χ2n) is 5.04. The van der Waals surface area contributed by atoms with Gasteiger partial charge in [0.15, 0.2) is 0 Å². The predicted octanol–water partition coefficient (Wildman–Crippen LogP) is 1.97. The van der Waals surface area contributed by atoms with Crippen molar-refractivity contribution in [3.05, 3.63) is 35.6 Å². The zero-order chi connectivity index (χ0) is 13.7. The highest BCUT2D eigenvalue weighted by Gasteiger charge is 2.29. The summed E-state index contributed by atoms with van der Waals surface area (Å²) in [4.78, 5) is 13.8. The largest absolute Gasteiger partial charge is 0.355 e. The molecule has 1 aliphatic carbocycles. The van der Waals surface area contributed by atoms with Gasteiger partial charge in [0.1, 0.15) is 5.82 Å². The minimum atomic E-state index is -0.195. The summed E-state index contributed by atoms with van der Waals surface area (Å²) in [6.07, 6.45) is 3.12. The highest BCUT2D eigenvalue weighted by atomic mass is 19.1. The first kappa shape index (κ1) is 14.0. The molecule has 1 saturated carbocycles. The Bertz CT molecular complexity index is 432. The number of nitrogens with zero attached hydrogens (tertiary/aromatic N) is 1. The van der Waals surface area contributed by atoms with E-state index < -0.39 is 0 Å². The van der Waals surface area contributed by atoms with Crippen molar-refractivity contribution in [1.82, 2.24) is 10.2 Å². The third kappa shape index (κ3) is 4.63. The van der Waals surface area contributed by atoms with Crippen molar-refractivity contribution in [3.8, 4) is 0 Å². The number of likely N-dealkylation sites (N-methyl/N-ethyl adjacent to an activating group) is 1. The van der Waals surface area contributed by atoms with Crippen LogP contribution in [0.5, 0.6) is 0 Å². The number of hydrogen-bond donors (Lipinski definition) is 1. The molecule has 1 aromatic rings. The van der Waals surface area contributed by atoms with E-state index in [2.05, 4.69) is 10.2 Å². The highest BCUT2D eigenvalue weighted by Crippen LogP contribution is 2.26. The van der Waals surface area contributed by atoms with E-state index in [9.17, 15) is 9.18 Å². The fraction of sp³-hybridized carbons (Fsp3) is 0.533. The summed E-state index contributed by atoms with van der Waals surface area (Å²) in [5.41, 5.74) is 0.988. The van der Waals surface area contributed by atoms with Crippen molar-refractivity contribution in [1.29, 1.82) is 0 Å². The standard InChI is InChI=1S/C15H21FN2O/c1-2-17-15(19)11-18(14-6-7-14)9-8-12-4-3-5-13(16)10-12/h3-5,10,14H,2,6-9,11H2,1H3,(H,17,19). The lowest BCUT2D eigenvalue weighted by molar-refractivity contribution is -0.122. The monoisotopic (exact) mass is 264 g/mol. The molecule has 0 heterocycles.